The zero-order valence-electron chi connectivity index (χ0n) is 9.10. The van der Waals surface area contributed by atoms with Crippen molar-refractivity contribution in [1.82, 2.24) is 0 Å². The Bertz CT molecular complexity index is 347. The van der Waals surface area contributed by atoms with Crippen molar-refractivity contribution in [2.24, 2.45) is 5.73 Å². The molecule has 0 saturated heterocycles. The lowest BCUT2D eigenvalue weighted by molar-refractivity contribution is -0.138. The molecule has 3 N–H and O–H groups in total. The molecule has 0 radical (unpaired) electrons. The molecule has 1 atom stereocenters. The van der Waals surface area contributed by atoms with Gasteiger partial charge in [-0.1, -0.05) is 38.1 Å². The Kier molecular flexibility index (Phi) is 3.86. The summed E-state index contributed by atoms with van der Waals surface area (Å²) in [5.41, 5.74) is 7.72. The number of rotatable bonds is 4. The van der Waals surface area contributed by atoms with Gasteiger partial charge < -0.3 is 10.8 Å². The van der Waals surface area contributed by atoms with E-state index in [2.05, 4.69) is 13.8 Å². The summed E-state index contributed by atoms with van der Waals surface area (Å²) in [6, 6.07) is 7.03. The zero-order valence-corrected chi connectivity index (χ0v) is 9.10. The molecule has 82 valence electrons. The topological polar surface area (TPSA) is 63.3 Å². The molecule has 0 amide bonds. The van der Waals surface area contributed by atoms with Crippen LogP contribution in [0.2, 0.25) is 0 Å². The number of aliphatic carboxylic acids is 1. The predicted octanol–water partition coefficient (Wildman–Crippen LogP) is 1.76. The molecule has 0 fully saturated rings. The van der Waals surface area contributed by atoms with Gasteiger partial charge in [0.15, 0.2) is 0 Å². The first-order valence-electron chi connectivity index (χ1n) is 5.08. The lowest BCUT2D eigenvalue weighted by atomic mass is 9.93. The lowest BCUT2D eigenvalue weighted by Crippen LogP contribution is -2.32. The predicted molar refractivity (Wildman–Crippen MR) is 59.8 cm³/mol. The van der Waals surface area contributed by atoms with Gasteiger partial charge in [-0.05, 0) is 23.5 Å². The van der Waals surface area contributed by atoms with E-state index >= 15 is 0 Å². The van der Waals surface area contributed by atoms with E-state index in [1.54, 1.807) is 0 Å². The van der Waals surface area contributed by atoms with Crippen LogP contribution in [-0.2, 0) is 11.2 Å². The molecule has 0 saturated carbocycles. The van der Waals surface area contributed by atoms with Crippen LogP contribution < -0.4 is 5.73 Å². The Morgan fingerprint density at radius 1 is 1.40 bits per heavy atom. The van der Waals surface area contributed by atoms with Crippen LogP contribution in [0.25, 0.3) is 0 Å². The highest BCUT2D eigenvalue weighted by Gasteiger charge is 2.14. The van der Waals surface area contributed by atoms with Crippen molar-refractivity contribution in [3.05, 3.63) is 35.4 Å². The molecule has 0 aliphatic carbocycles. The fourth-order valence-electron chi connectivity index (χ4n) is 1.61. The standard InChI is InChI=1S/C12H17NO2/c1-8(2)10-6-4-3-5-9(10)7-11(13)12(14)15/h3-6,8,11H,7,13H2,1-2H3,(H,14,15)/t11-/m0/s1. The summed E-state index contributed by atoms with van der Waals surface area (Å²) in [5, 5.41) is 8.75. The van der Waals surface area contributed by atoms with Crippen molar-refractivity contribution in [2.45, 2.75) is 32.2 Å². The molecular formula is C12H17NO2. The summed E-state index contributed by atoms with van der Waals surface area (Å²) >= 11 is 0. The molecule has 0 bridgehead atoms. The van der Waals surface area contributed by atoms with Crippen LogP contribution in [0.15, 0.2) is 24.3 Å². The summed E-state index contributed by atoms with van der Waals surface area (Å²) in [4.78, 5) is 10.7. The van der Waals surface area contributed by atoms with Gasteiger partial charge in [-0.25, -0.2) is 0 Å². The van der Waals surface area contributed by atoms with Crippen molar-refractivity contribution in [1.29, 1.82) is 0 Å². The minimum Gasteiger partial charge on any atom is -0.480 e. The highest BCUT2D eigenvalue weighted by Crippen LogP contribution is 2.20. The molecule has 0 unspecified atom stereocenters. The smallest absolute Gasteiger partial charge is 0.320 e. The second-order valence-electron chi connectivity index (χ2n) is 4.00. The minimum absolute atomic E-state index is 0.391. The van der Waals surface area contributed by atoms with E-state index in [4.69, 9.17) is 10.8 Å². The number of carboxylic acids is 1. The van der Waals surface area contributed by atoms with Crippen LogP contribution in [0, 0.1) is 0 Å². The summed E-state index contributed by atoms with van der Waals surface area (Å²) in [7, 11) is 0. The number of carbonyl (C=O) groups is 1. The quantitative estimate of drug-likeness (QED) is 0.790. The Balaban J connectivity index is 2.89. The van der Waals surface area contributed by atoms with E-state index in [9.17, 15) is 4.79 Å². The number of benzene rings is 1. The summed E-state index contributed by atoms with van der Waals surface area (Å²) < 4.78 is 0. The highest BCUT2D eigenvalue weighted by atomic mass is 16.4. The third kappa shape index (κ3) is 3.06. The molecule has 0 aliphatic rings. The third-order valence-corrected chi connectivity index (χ3v) is 2.43. The van der Waals surface area contributed by atoms with Crippen molar-refractivity contribution in [2.75, 3.05) is 0 Å². The molecule has 0 spiro atoms. The van der Waals surface area contributed by atoms with Crippen LogP contribution in [0.5, 0.6) is 0 Å². The van der Waals surface area contributed by atoms with E-state index in [1.807, 2.05) is 24.3 Å². The first kappa shape index (κ1) is 11.7. The van der Waals surface area contributed by atoms with Gasteiger partial charge in [0.05, 0.1) is 0 Å². The first-order valence-corrected chi connectivity index (χ1v) is 5.08. The molecule has 0 aromatic heterocycles. The first-order chi connectivity index (χ1) is 7.02. The maximum Gasteiger partial charge on any atom is 0.320 e. The van der Waals surface area contributed by atoms with Crippen molar-refractivity contribution < 1.29 is 9.90 Å². The van der Waals surface area contributed by atoms with E-state index in [0.717, 1.165) is 5.56 Å². The Hall–Kier alpha value is -1.35. The average Bonchev–Trinajstić information content (AvgIpc) is 2.18. The summed E-state index contributed by atoms with van der Waals surface area (Å²) in [6.07, 6.45) is 0.393. The van der Waals surface area contributed by atoms with E-state index < -0.39 is 12.0 Å². The maximum absolute atomic E-state index is 10.7. The fraction of sp³-hybridized carbons (Fsp3) is 0.417. The van der Waals surface area contributed by atoms with Crippen LogP contribution in [0.4, 0.5) is 0 Å². The molecule has 3 heteroatoms. The van der Waals surface area contributed by atoms with Crippen LogP contribution in [0.3, 0.4) is 0 Å². The van der Waals surface area contributed by atoms with Gasteiger partial charge in [-0.2, -0.15) is 0 Å². The van der Waals surface area contributed by atoms with Crippen molar-refractivity contribution in [3.8, 4) is 0 Å². The Morgan fingerprint density at radius 3 is 2.53 bits per heavy atom. The average molecular weight is 207 g/mol. The normalized spacial score (nSPS) is 12.8. The molecule has 15 heavy (non-hydrogen) atoms. The third-order valence-electron chi connectivity index (χ3n) is 2.43. The zero-order chi connectivity index (χ0) is 11.4. The van der Waals surface area contributed by atoms with Gasteiger partial charge in [-0.3, -0.25) is 4.79 Å². The SMILES string of the molecule is CC(C)c1ccccc1C[C@H](N)C(=O)O. The number of hydrogen-bond acceptors (Lipinski definition) is 2. The second kappa shape index (κ2) is 4.94. The van der Waals surface area contributed by atoms with E-state index in [0.29, 0.717) is 12.3 Å². The monoisotopic (exact) mass is 207 g/mol. The van der Waals surface area contributed by atoms with Gasteiger partial charge in [0, 0.05) is 0 Å². The molecule has 1 aromatic carbocycles. The fourth-order valence-corrected chi connectivity index (χ4v) is 1.61. The van der Waals surface area contributed by atoms with Gasteiger partial charge in [0.2, 0.25) is 0 Å². The van der Waals surface area contributed by atoms with Gasteiger partial charge in [-0.15, -0.1) is 0 Å². The summed E-state index contributed by atoms with van der Waals surface area (Å²) in [5.74, 6) is -0.559. The minimum atomic E-state index is -0.950. The molecule has 0 heterocycles. The number of hydrogen-bond donors (Lipinski definition) is 2. The molecule has 3 nitrogen and oxygen atoms in total. The van der Waals surface area contributed by atoms with Crippen molar-refractivity contribution in [3.63, 3.8) is 0 Å². The molecule has 1 rings (SSSR count). The van der Waals surface area contributed by atoms with Crippen molar-refractivity contribution >= 4 is 5.97 Å². The number of carboxylic acid groups (broad SMARTS) is 1. The molecular weight excluding hydrogens is 190 g/mol. The lowest BCUT2D eigenvalue weighted by Gasteiger charge is -2.14. The van der Waals surface area contributed by atoms with Crippen LogP contribution in [-0.4, -0.2) is 17.1 Å². The molecule has 1 aromatic rings. The Labute approximate surface area is 89.9 Å². The highest BCUT2D eigenvalue weighted by molar-refractivity contribution is 5.73. The van der Waals surface area contributed by atoms with Crippen LogP contribution in [0.1, 0.15) is 30.9 Å². The van der Waals surface area contributed by atoms with Gasteiger partial charge >= 0.3 is 5.97 Å². The van der Waals surface area contributed by atoms with Gasteiger partial charge in [0.1, 0.15) is 6.04 Å². The largest absolute Gasteiger partial charge is 0.480 e. The van der Waals surface area contributed by atoms with E-state index in [1.165, 1.54) is 5.56 Å². The molecule has 0 aliphatic heterocycles. The maximum atomic E-state index is 10.7. The van der Waals surface area contributed by atoms with E-state index in [-0.39, 0.29) is 0 Å². The Morgan fingerprint density at radius 2 is 2.00 bits per heavy atom. The second-order valence-corrected chi connectivity index (χ2v) is 4.00. The van der Waals surface area contributed by atoms with Gasteiger partial charge in [0.25, 0.3) is 0 Å². The number of nitrogens with two attached hydrogens (primary N) is 1. The summed E-state index contributed by atoms with van der Waals surface area (Å²) in [6.45, 7) is 4.18. The van der Waals surface area contributed by atoms with Crippen LogP contribution >= 0.6 is 0 Å².